The van der Waals surface area contributed by atoms with Crippen LogP contribution in [0.3, 0.4) is 0 Å². The first-order chi connectivity index (χ1) is 8.79. The number of ether oxygens (including phenoxy) is 1. The van der Waals surface area contributed by atoms with Gasteiger partial charge in [-0.15, -0.1) is 10.2 Å². The lowest BCUT2D eigenvalue weighted by molar-refractivity contribution is 0.197. The minimum atomic E-state index is 0.608. The molecule has 0 radical (unpaired) electrons. The first kappa shape index (κ1) is 13.5. The van der Waals surface area contributed by atoms with Gasteiger partial charge in [0.05, 0.1) is 6.61 Å². The molecule has 100 valence electrons. The van der Waals surface area contributed by atoms with Crippen LogP contribution in [0.5, 0.6) is 5.19 Å². The van der Waals surface area contributed by atoms with Gasteiger partial charge in [-0.25, -0.2) is 0 Å². The van der Waals surface area contributed by atoms with Crippen LogP contribution >= 0.6 is 11.3 Å². The molecule has 4 nitrogen and oxygen atoms in total. The second kappa shape index (κ2) is 6.85. The van der Waals surface area contributed by atoms with E-state index in [0.717, 1.165) is 37.5 Å². The summed E-state index contributed by atoms with van der Waals surface area (Å²) < 4.78 is 5.76. The summed E-state index contributed by atoms with van der Waals surface area (Å²) in [4.78, 5) is 0. The molecule has 0 saturated carbocycles. The van der Waals surface area contributed by atoms with Crippen molar-refractivity contribution in [2.75, 3.05) is 13.2 Å². The number of hydrogen-bond acceptors (Lipinski definition) is 5. The fraction of sp³-hybridized carbons (Fsp3) is 0.692. The zero-order valence-electron chi connectivity index (χ0n) is 11.1. The van der Waals surface area contributed by atoms with Gasteiger partial charge in [-0.1, -0.05) is 37.3 Å². The van der Waals surface area contributed by atoms with Crippen LogP contribution in [0.25, 0.3) is 0 Å². The van der Waals surface area contributed by atoms with E-state index in [4.69, 9.17) is 4.74 Å². The summed E-state index contributed by atoms with van der Waals surface area (Å²) in [6.45, 7) is 6.84. The highest BCUT2D eigenvalue weighted by Crippen LogP contribution is 2.26. The van der Waals surface area contributed by atoms with E-state index in [1.807, 2.05) is 0 Å². The van der Waals surface area contributed by atoms with Crippen molar-refractivity contribution in [2.45, 2.75) is 33.2 Å². The number of aromatic nitrogens is 2. The van der Waals surface area contributed by atoms with Gasteiger partial charge >= 0.3 is 0 Å². The molecular formula is C13H21N3OS. The maximum absolute atomic E-state index is 5.76. The van der Waals surface area contributed by atoms with Gasteiger partial charge in [0.2, 0.25) is 0 Å². The summed E-state index contributed by atoms with van der Waals surface area (Å²) in [5.74, 6) is 1.31. The molecule has 1 N–H and O–H groups in total. The highest BCUT2D eigenvalue weighted by molar-refractivity contribution is 7.13. The van der Waals surface area contributed by atoms with Crippen molar-refractivity contribution in [1.29, 1.82) is 0 Å². The van der Waals surface area contributed by atoms with Crippen molar-refractivity contribution in [3.8, 4) is 5.19 Å². The summed E-state index contributed by atoms with van der Waals surface area (Å²) in [6, 6.07) is 0. The van der Waals surface area contributed by atoms with Crippen molar-refractivity contribution in [1.82, 2.24) is 15.5 Å². The van der Waals surface area contributed by atoms with Crippen LogP contribution in [0.15, 0.2) is 12.2 Å². The van der Waals surface area contributed by atoms with E-state index >= 15 is 0 Å². The lowest BCUT2D eigenvalue weighted by Gasteiger charge is -2.24. The predicted molar refractivity (Wildman–Crippen MR) is 73.8 cm³/mol. The standard InChI is InChI=1S/C13H21N3OS/c1-3-14-8-12-15-16-13(18-12)17-9-11-7-5-4-6-10(11)2/h4-5,10-11,14H,3,6-9H2,1-2H3. The Balaban J connectivity index is 1.79. The van der Waals surface area contributed by atoms with Crippen LogP contribution in [-0.4, -0.2) is 23.3 Å². The molecule has 0 spiro atoms. The topological polar surface area (TPSA) is 47.0 Å². The summed E-state index contributed by atoms with van der Waals surface area (Å²) in [7, 11) is 0. The lowest BCUT2D eigenvalue weighted by Crippen LogP contribution is -2.21. The first-order valence-electron chi connectivity index (χ1n) is 6.60. The fourth-order valence-electron chi connectivity index (χ4n) is 2.02. The quantitative estimate of drug-likeness (QED) is 0.805. The third-order valence-electron chi connectivity index (χ3n) is 3.31. The normalized spacial score (nSPS) is 23.2. The third kappa shape index (κ3) is 3.78. The first-order valence-corrected chi connectivity index (χ1v) is 7.42. The molecule has 5 heteroatoms. The Morgan fingerprint density at radius 1 is 1.39 bits per heavy atom. The lowest BCUT2D eigenvalue weighted by atomic mass is 9.85. The van der Waals surface area contributed by atoms with Crippen molar-refractivity contribution in [3.63, 3.8) is 0 Å². The number of nitrogens with one attached hydrogen (secondary N) is 1. The zero-order chi connectivity index (χ0) is 12.8. The van der Waals surface area contributed by atoms with Crippen molar-refractivity contribution >= 4 is 11.3 Å². The van der Waals surface area contributed by atoms with Gasteiger partial charge in [-0.3, -0.25) is 0 Å². The molecule has 1 aliphatic rings. The Morgan fingerprint density at radius 2 is 2.22 bits per heavy atom. The fourth-order valence-corrected chi connectivity index (χ4v) is 2.68. The Kier molecular flexibility index (Phi) is 5.13. The Morgan fingerprint density at radius 3 is 3.00 bits per heavy atom. The van der Waals surface area contributed by atoms with Crippen molar-refractivity contribution in [2.24, 2.45) is 11.8 Å². The van der Waals surface area contributed by atoms with Gasteiger partial charge in [0, 0.05) is 6.54 Å². The molecule has 0 bridgehead atoms. The molecule has 1 aromatic rings. The van der Waals surface area contributed by atoms with Crippen LogP contribution in [0.4, 0.5) is 0 Å². The second-order valence-corrected chi connectivity index (χ2v) is 5.76. The van der Waals surface area contributed by atoms with Crippen LogP contribution in [0, 0.1) is 11.8 Å². The largest absolute Gasteiger partial charge is 0.469 e. The number of nitrogens with zero attached hydrogens (tertiary/aromatic N) is 2. The van der Waals surface area contributed by atoms with Crippen LogP contribution in [0.1, 0.15) is 31.7 Å². The maximum Gasteiger partial charge on any atom is 0.294 e. The predicted octanol–water partition coefficient (Wildman–Crippen LogP) is 2.63. The number of hydrogen-bond donors (Lipinski definition) is 1. The van der Waals surface area contributed by atoms with E-state index in [0.29, 0.717) is 17.0 Å². The van der Waals surface area contributed by atoms with Gasteiger partial charge in [0.1, 0.15) is 5.01 Å². The molecule has 0 aliphatic heterocycles. The van der Waals surface area contributed by atoms with Gasteiger partial charge in [-0.05, 0) is 31.2 Å². The van der Waals surface area contributed by atoms with Crippen molar-refractivity contribution in [3.05, 3.63) is 17.2 Å². The Labute approximate surface area is 112 Å². The summed E-state index contributed by atoms with van der Waals surface area (Å²) in [5.41, 5.74) is 0. The Bertz CT molecular complexity index is 391. The molecule has 1 aliphatic carbocycles. The van der Waals surface area contributed by atoms with E-state index in [-0.39, 0.29) is 0 Å². The summed E-state index contributed by atoms with van der Waals surface area (Å²) in [5, 5.41) is 13.1. The number of allylic oxidation sites excluding steroid dienone is 2. The van der Waals surface area contributed by atoms with Gasteiger partial charge in [-0.2, -0.15) is 0 Å². The monoisotopic (exact) mass is 267 g/mol. The maximum atomic E-state index is 5.76. The molecule has 1 aromatic heterocycles. The zero-order valence-corrected chi connectivity index (χ0v) is 11.9. The van der Waals surface area contributed by atoms with E-state index < -0.39 is 0 Å². The highest BCUT2D eigenvalue weighted by Gasteiger charge is 2.19. The minimum Gasteiger partial charge on any atom is -0.469 e. The molecule has 0 saturated heterocycles. The average Bonchev–Trinajstić information content (AvgIpc) is 2.83. The molecule has 2 rings (SSSR count). The summed E-state index contributed by atoms with van der Waals surface area (Å²) in [6.07, 6.45) is 6.80. The Hall–Kier alpha value is -0.940. The summed E-state index contributed by atoms with van der Waals surface area (Å²) >= 11 is 1.54. The average molecular weight is 267 g/mol. The van der Waals surface area contributed by atoms with E-state index in [9.17, 15) is 0 Å². The SMILES string of the molecule is CCNCc1nnc(OCC2CC=CCC2C)s1. The van der Waals surface area contributed by atoms with Gasteiger partial charge in [0.15, 0.2) is 0 Å². The third-order valence-corrected chi connectivity index (χ3v) is 4.15. The second-order valence-electron chi connectivity index (χ2n) is 4.73. The minimum absolute atomic E-state index is 0.608. The molecule has 18 heavy (non-hydrogen) atoms. The van der Waals surface area contributed by atoms with Gasteiger partial charge in [0.25, 0.3) is 5.19 Å². The molecule has 2 atom stereocenters. The van der Waals surface area contributed by atoms with E-state index in [2.05, 4.69) is 41.5 Å². The van der Waals surface area contributed by atoms with Crippen LogP contribution in [0.2, 0.25) is 0 Å². The van der Waals surface area contributed by atoms with E-state index in [1.165, 1.54) is 11.3 Å². The molecule has 0 aromatic carbocycles. The van der Waals surface area contributed by atoms with E-state index in [1.54, 1.807) is 0 Å². The number of rotatable bonds is 6. The molecule has 0 fully saturated rings. The van der Waals surface area contributed by atoms with Crippen LogP contribution in [-0.2, 0) is 6.54 Å². The molecule has 1 heterocycles. The highest BCUT2D eigenvalue weighted by atomic mass is 32.1. The smallest absolute Gasteiger partial charge is 0.294 e. The van der Waals surface area contributed by atoms with Crippen molar-refractivity contribution < 1.29 is 4.74 Å². The van der Waals surface area contributed by atoms with Crippen LogP contribution < -0.4 is 10.1 Å². The molecule has 2 unspecified atom stereocenters. The van der Waals surface area contributed by atoms with Gasteiger partial charge < -0.3 is 10.1 Å². The molecule has 0 amide bonds. The molecular weight excluding hydrogens is 246 g/mol.